The highest BCUT2D eigenvalue weighted by Crippen LogP contribution is 2.15. The summed E-state index contributed by atoms with van der Waals surface area (Å²) in [5, 5.41) is 9.94. The normalized spacial score (nSPS) is 9.88. The monoisotopic (exact) mass is 328 g/mol. The Kier molecular flexibility index (Phi) is 5.51. The van der Waals surface area contributed by atoms with Gasteiger partial charge in [0, 0.05) is 6.92 Å². The zero-order chi connectivity index (χ0) is 17.5. The standard InChI is InChI=1S/C17H16N2O5/c1-12(20)19(15-9-5-8-14(10-15)16(21)22)18-17(23)24-11-13-6-3-2-4-7-13/h2-10H,11H2,1H3,(H,18,23)(H,21,22). The highest BCUT2D eigenvalue weighted by molar-refractivity contribution is 5.95. The van der Waals surface area contributed by atoms with Crippen molar-refractivity contribution < 1.29 is 24.2 Å². The van der Waals surface area contributed by atoms with Crippen LogP contribution in [0.4, 0.5) is 10.5 Å². The maximum atomic E-state index is 11.9. The molecule has 0 bridgehead atoms. The van der Waals surface area contributed by atoms with Crippen molar-refractivity contribution in [3.05, 3.63) is 65.7 Å². The summed E-state index contributed by atoms with van der Waals surface area (Å²) in [6.07, 6.45) is -0.824. The molecule has 0 saturated carbocycles. The zero-order valence-electron chi connectivity index (χ0n) is 12.9. The molecule has 0 fully saturated rings. The number of nitrogens with one attached hydrogen (secondary N) is 1. The van der Waals surface area contributed by atoms with Crippen molar-refractivity contribution >= 4 is 23.7 Å². The third-order valence-electron chi connectivity index (χ3n) is 3.08. The fraction of sp³-hybridized carbons (Fsp3) is 0.118. The topological polar surface area (TPSA) is 95.9 Å². The van der Waals surface area contributed by atoms with Crippen molar-refractivity contribution in [3.8, 4) is 0 Å². The van der Waals surface area contributed by atoms with Crippen LogP contribution in [-0.2, 0) is 16.1 Å². The second-order valence-corrected chi connectivity index (χ2v) is 4.88. The van der Waals surface area contributed by atoms with Gasteiger partial charge < -0.3 is 9.84 Å². The van der Waals surface area contributed by atoms with Crippen LogP contribution in [0.25, 0.3) is 0 Å². The first-order chi connectivity index (χ1) is 11.5. The number of benzene rings is 2. The molecule has 0 spiro atoms. The van der Waals surface area contributed by atoms with Gasteiger partial charge in [0.25, 0.3) is 0 Å². The highest BCUT2D eigenvalue weighted by atomic mass is 16.6. The lowest BCUT2D eigenvalue weighted by atomic mass is 10.2. The molecular weight excluding hydrogens is 312 g/mol. The Morgan fingerprint density at radius 2 is 1.79 bits per heavy atom. The molecule has 0 aromatic heterocycles. The summed E-state index contributed by atoms with van der Waals surface area (Å²) in [7, 11) is 0. The lowest BCUT2D eigenvalue weighted by Crippen LogP contribution is -2.45. The predicted molar refractivity (Wildman–Crippen MR) is 86.3 cm³/mol. The van der Waals surface area contributed by atoms with Gasteiger partial charge in [-0.25, -0.2) is 20.0 Å². The second-order valence-electron chi connectivity index (χ2n) is 4.88. The number of aromatic carboxylic acids is 1. The van der Waals surface area contributed by atoms with E-state index in [4.69, 9.17) is 9.84 Å². The minimum Gasteiger partial charge on any atom is -0.478 e. The van der Waals surface area contributed by atoms with Crippen molar-refractivity contribution in [2.45, 2.75) is 13.5 Å². The van der Waals surface area contributed by atoms with Gasteiger partial charge in [-0.15, -0.1) is 0 Å². The van der Waals surface area contributed by atoms with Crippen molar-refractivity contribution in [2.24, 2.45) is 0 Å². The average molecular weight is 328 g/mol. The molecule has 7 heteroatoms. The summed E-state index contributed by atoms with van der Waals surface area (Å²) in [5.74, 6) is -1.62. The molecule has 2 aromatic rings. The van der Waals surface area contributed by atoms with Gasteiger partial charge in [-0.3, -0.25) is 4.79 Å². The lowest BCUT2D eigenvalue weighted by Gasteiger charge is -2.21. The molecule has 0 aliphatic rings. The molecule has 2 aromatic carbocycles. The number of amides is 2. The van der Waals surface area contributed by atoms with Crippen LogP contribution in [0.5, 0.6) is 0 Å². The summed E-state index contributed by atoms with van der Waals surface area (Å²) < 4.78 is 5.05. The first-order valence-corrected chi connectivity index (χ1v) is 7.09. The number of anilines is 1. The number of carbonyl (C=O) groups excluding carboxylic acids is 2. The fourth-order valence-corrected chi connectivity index (χ4v) is 1.95. The van der Waals surface area contributed by atoms with Gasteiger partial charge in [-0.1, -0.05) is 36.4 Å². The van der Waals surface area contributed by atoms with E-state index in [1.807, 2.05) is 18.2 Å². The smallest absolute Gasteiger partial charge is 0.426 e. The van der Waals surface area contributed by atoms with E-state index >= 15 is 0 Å². The predicted octanol–water partition coefficient (Wildman–Crippen LogP) is 2.58. The van der Waals surface area contributed by atoms with Crippen LogP contribution < -0.4 is 10.4 Å². The van der Waals surface area contributed by atoms with Crippen LogP contribution in [0.3, 0.4) is 0 Å². The molecule has 0 saturated heterocycles. The maximum absolute atomic E-state index is 11.9. The molecule has 2 rings (SSSR count). The van der Waals surface area contributed by atoms with E-state index in [1.165, 1.54) is 31.2 Å². The Morgan fingerprint density at radius 3 is 2.42 bits per heavy atom. The van der Waals surface area contributed by atoms with E-state index in [-0.39, 0.29) is 17.9 Å². The van der Waals surface area contributed by atoms with Crippen LogP contribution in [0.1, 0.15) is 22.8 Å². The average Bonchev–Trinajstić information content (AvgIpc) is 2.58. The molecule has 0 atom stereocenters. The van der Waals surface area contributed by atoms with Gasteiger partial charge in [-0.05, 0) is 23.8 Å². The molecule has 7 nitrogen and oxygen atoms in total. The SMILES string of the molecule is CC(=O)N(NC(=O)OCc1ccccc1)c1cccc(C(=O)O)c1. The van der Waals surface area contributed by atoms with Crippen LogP contribution in [0, 0.1) is 0 Å². The quantitative estimate of drug-likeness (QED) is 0.841. The van der Waals surface area contributed by atoms with E-state index in [9.17, 15) is 14.4 Å². The molecule has 0 radical (unpaired) electrons. The Bertz CT molecular complexity index is 746. The molecule has 0 aliphatic heterocycles. The van der Waals surface area contributed by atoms with Gasteiger partial charge in [0.05, 0.1) is 11.3 Å². The molecule has 0 unspecified atom stereocenters. The zero-order valence-corrected chi connectivity index (χ0v) is 12.9. The van der Waals surface area contributed by atoms with Crippen molar-refractivity contribution in [3.63, 3.8) is 0 Å². The lowest BCUT2D eigenvalue weighted by molar-refractivity contribution is -0.117. The summed E-state index contributed by atoms with van der Waals surface area (Å²) in [6, 6.07) is 14.7. The van der Waals surface area contributed by atoms with Gasteiger partial charge in [0.15, 0.2) is 0 Å². The van der Waals surface area contributed by atoms with Gasteiger partial charge >= 0.3 is 12.1 Å². The number of ether oxygens (including phenoxy) is 1. The Morgan fingerprint density at radius 1 is 1.08 bits per heavy atom. The summed E-state index contributed by atoms with van der Waals surface area (Å²) in [6.45, 7) is 1.29. The van der Waals surface area contributed by atoms with Crippen LogP contribution in [0.2, 0.25) is 0 Å². The first kappa shape index (κ1) is 17.0. The fourth-order valence-electron chi connectivity index (χ4n) is 1.95. The molecule has 2 amide bonds. The Hall–Kier alpha value is -3.35. The number of nitrogens with zero attached hydrogens (tertiary/aromatic N) is 1. The number of carboxylic acids is 1. The Labute approximate surface area is 138 Å². The van der Waals surface area contributed by atoms with E-state index in [0.29, 0.717) is 0 Å². The first-order valence-electron chi connectivity index (χ1n) is 7.09. The molecule has 2 N–H and O–H groups in total. The van der Waals surface area contributed by atoms with E-state index in [2.05, 4.69) is 5.43 Å². The third kappa shape index (κ3) is 4.57. The number of carboxylic acid groups (broad SMARTS) is 1. The van der Waals surface area contributed by atoms with Crippen molar-refractivity contribution in [1.82, 2.24) is 5.43 Å². The largest absolute Gasteiger partial charge is 0.478 e. The molecule has 24 heavy (non-hydrogen) atoms. The minimum atomic E-state index is -1.13. The molecular formula is C17H16N2O5. The maximum Gasteiger partial charge on any atom is 0.426 e. The number of rotatable bonds is 4. The van der Waals surface area contributed by atoms with Crippen LogP contribution in [-0.4, -0.2) is 23.1 Å². The van der Waals surface area contributed by atoms with E-state index < -0.39 is 18.0 Å². The third-order valence-corrected chi connectivity index (χ3v) is 3.08. The summed E-state index contributed by atoms with van der Waals surface area (Å²) in [4.78, 5) is 34.6. The molecule has 0 heterocycles. The van der Waals surface area contributed by atoms with Gasteiger partial charge in [0.2, 0.25) is 5.91 Å². The second kappa shape index (κ2) is 7.77. The minimum absolute atomic E-state index is 0.00166. The molecule has 0 aliphatic carbocycles. The number of carbonyl (C=O) groups is 3. The number of hydrogen-bond acceptors (Lipinski definition) is 4. The Balaban J connectivity index is 2.05. The van der Waals surface area contributed by atoms with Crippen LogP contribution >= 0.6 is 0 Å². The number of hydrogen-bond donors (Lipinski definition) is 2. The highest BCUT2D eigenvalue weighted by Gasteiger charge is 2.17. The van der Waals surface area contributed by atoms with Gasteiger partial charge in [-0.2, -0.15) is 0 Å². The van der Waals surface area contributed by atoms with Crippen molar-refractivity contribution in [2.75, 3.05) is 5.01 Å². The number of hydrazine groups is 1. The van der Waals surface area contributed by atoms with Crippen LogP contribution in [0.15, 0.2) is 54.6 Å². The molecule has 124 valence electrons. The summed E-state index contributed by atoms with van der Waals surface area (Å²) in [5.41, 5.74) is 3.32. The van der Waals surface area contributed by atoms with Gasteiger partial charge in [0.1, 0.15) is 6.61 Å². The van der Waals surface area contributed by atoms with E-state index in [0.717, 1.165) is 10.6 Å². The van der Waals surface area contributed by atoms with Crippen molar-refractivity contribution in [1.29, 1.82) is 0 Å². The summed E-state index contributed by atoms with van der Waals surface area (Å²) >= 11 is 0. The van der Waals surface area contributed by atoms with E-state index in [1.54, 1.807) is 12.1 Å².